The molecule has 4 aromatic rings. The lowest BCUT2D eigenvalue weighted by Gasteiger charge is -2.30. The van der Waals surface area contributed by atoms with Crippen molar-refractivity contribution in [1.29, 1.82) is 0 Å². The monoisotopic (exact) mass is 501 g/mol. The topological polar surface area (TPSA) is 129 Å². The Morgan fingerprint density at radius 3 is 2.60 bits per heavy atom. The smallest absolute Gasteiger partial charge is 0.324 e. The number of sulfone groups is 1. The summed E-state index contributed by atoms with van der Waals surface area (Å²) >= 11 is 0. The van der Waals surface area contributed by atoms with E-state index in [-0.39, 0.29) is 22.6 Å². The molecule has 0 bridgehead atoms. The SMILES string of the molecule is CC(C)c1noc(N2CCC(Oc3ncnc4c3ncn4-c3ccc(S(C)(=O)=O)cc3F)CC2)n1. The summed E-state index contributed by atoms with van der Waals surface area (Å²) in [5, 5.41) is 4.02. The molecule has 4 heterocycles. The Morgan fingerprint density at radius 2 is 1.94 bits per heavy atom. The minimum atomic E-state index is -3.53. The average Bonchev–Trinajstić information content (AvgIpc) is 3.47. The van der Waals surface area contributed by atoms with E-state index in [0.29, 0.717) is 54.8 Å². The molecule has 1 saturated heterocycles. The summed E-state index contributed by atoms with van der Waals surface area (Å²) in [6, 6.07) is 4.22. The summed E-state index contributed by atoms with van der Waals surface area (Å²) in [5.41, 5.74) is 0.865. The van der Waals surface area contributed by atoms with Gasteiger partial charge in [0.25, 0.3) is 0 Å². The van der Waals surface area contributed by atoms with Gasteiger partial charge < -0.3 is 14.2 Å². The number of piperidine rings is 1. The Morgan fingerprint density at radius 1 is 1.17 bits per heavy atom. The van der Waals surface area contributed by atoms with Gasteiger partial charge in [0.1, 0.15) is 24.6 Å². The van der Waals surface area contributed by atoms with Crippen LogP contribution >= 0.6 is 0 Å². The highest BCUT2D eigenvalue weighted by Gasteiger charge is 2.26. The van der Waals surface area contributed by atoms with E-state index in [1.54, 1.807) is 0 Å². The van der Waals surface area contributed by atoms with Crippen molar-refractivity contribution in [3.05, 3.63) is 42.5 Å². The Bertz CT molecular complexity index is 1480. The van der Waals surface area contributed by atoms with Crippen LogP contribution in [0.2, 0.25) is 0 Å². The first-order valence-corrected chi connectivity index (χ1v) is 13.0. The van der Waals surface area contributed by atoms with Crippen LogP contribution in [0.4, 0.5) is 10.4 Å². The van der Waals surface area contributed by atoms with Crippen LogP contribution in [0.3, 0.4) is 0 Å². The summed E-state index contributed by atoms with van der Waals surface area (Å²) in [7, 11) is -3.53. The highest BCUT2D eigenvalue weighted by atomic mass is 32.2. The Labute approximate surface area is 200 Å². The lowest BCUT2D eigenvalue weighted by Crippen LogP contribution is -2.38. The molecule has 1 aromatic carbocycles. The normalized spacial score (nSPS) is 15.3. The molecular weight excluding hydrogens is 477 g/mol. The molecule has 1 aliphatic rings. The van der Waals surface area contributed by atoms with Crippen molar-refractivity contribution < 1.29 is 22.1 Å². The second kappa shape index (κ2) is 8.87. The minimum Gasteiger partial charge on any atom is -0.473 e. The van der Waals surface area contributed by atoms with Gasteiger partial charge in [0.15, 0.2) is 26.8 Å². The molecule has 1 fully saturated rings. The zero-order chi connectivity index (χ0) is 24.7. The number of halogens is 1. The van der Waals surface area contributed by atoms with Crippen molar-refractivity contribution in [3.8, 4) is 11.6 Å². The quantitative estimate of drug-likeness (QED) is 0.389. The van der Waals surface area contributed by atoms with Crippen molar-refractivity contribution in [2.75, 3.05) is 24.2 Å². The van der Waals surface area contributed by atoms with Gasteiger partial charge in [-0.2, -0.15) is 9.97 Å². The molecule has 35 heavy (non-hydrogen) atoms. The standard InChI is InChI=1S/C22H24FN7O4S/c1-13(2)19-27-22(34-28-19)29-8-6-14(7-9-29)33-21-18-20(24-11-25-21)30(12-26-18)17-5-4-15(10-16(17)23)35(3,31)32/h4-5,10-14H,6-9H2,1-3H3. The van der Waals surface area contributed by atoms with Crippen LogP contribution in [0.15, 0.2) is 40.3 Å². The van der Waals surface area contributed by atoms with Crippen molar-refractivity contribution in [2.45, 2.75) is 43.6 Å². The van der Waals surface area contributed by atoms with Crippen LogP contribution < -0.4 is 9.64 Å². The molecule has 184 valence electrons. The molecule has 0 radical (unpaired) electrons. The largest absolute Gasteiger partial charge is 0.473 e. The Kier molecular flexibility index (Phi) is 5.87. The molecule has 5 rings (SSSR count). The molecule has 0 amide bonds. The number of nitrogens with zero attached hydrogens (tertiary/aromatic N) is 7. The average molecular weight is 502 g/mol. The lowest BCUT2D eigenvalue weighted by molar-refractivity contribution is 0.163. The van der Waals surface area contributed by atoms with Crippen LogP contribution in [0.1, 0.15) is 38.4 Å². The summed E-state index contributed by atoms with van der Waals surface area (Å²) in [5.74, 6) is 0.474. The van der Waals surface area contributed by atoms with Gasteiger partial charge in [-0.1, -0.05) is 19.0 Å². The fraction of sp³-hybridized carbons (Fsp3) is 0.409. The van der Waals surface area contributed by atoms with Crippen molar-refractivity contribution in [1.82, 2.24) is 29.7 Å². The van der Waals surface area contributed by atoms with Gasteiger partial charge in [0, 0.05) is 38.1 Å². The first-order chi connectivity index (χ1) is 16.7. The Hall–Kier alpha value is -3.61. The van der Waals surface area contributed by atoms with Gasteiger partial charge in [-0.25, -0.2) is 22.8 Å². The first-order valence-electron chi connectivity index (χ1n) is 11.1. The van der Waals surface area contributed by atoms with Crippen molar-refractivity contribution in [2.24, 2.45) is 0 Å². The third kappa shape index (κ3) is 4.55. The van der Waals surface area contributed by atoms with Crippen LogP contribution in [-0.2, 0) is 9.84 Å². The maximum atomic E-state index is 14.8. The van der Waals surface area contributed by atoms with E-state index in [1.165, 1.54) is 29.4 Å². The van der Waals surface area contributed by atoms with Gasteiger partial charge in [-0.3, -0.25) is 4.57 Å². The molecule has 1 aliphatic heterocycles. The van der Waals surface area contributed by atoms with Gasteiger partial charge in [0.05, 0.1) is 10.6 Å². The van der Waals surface area contributed by atoms with E-state index >= 15 is 0 Å². The first kappa shape index (κ1) is 23.1. The van der Waals surface area contributed by atoms with E-state index in [0.717, 1.165) is 12.3 Å². The van der Waals surface area contributed by atoms with E-state index < -0.39 is 15.7 Å². The minimum absolute atomic E-state index is 0.103. The van der Waals surface area contributed by atoms with E-state index in [2.05, 4.69) is 25.1 Å². The number of aromatic nitrogens is 6. The number of rotatable bonds is 6. The molecular formula is C22H24FN7O4S. The summed E-state index contributed by atoms with van der Waals surface area (Å²) in [6.07, 6.45) is 5.10. The van der Waals surface area contributed by atoms with Crippen LogP contribution in [-0.4, -0.2) is 63.5 Å². The highest BCUT2D eigenvalue weighted by Crippen LogP contribution is 2.28. The van der Waals surface area contributed by atoms with Crippen LogP contribution in [0, 0.1) is 5.82 Å². The number of benzene rings is 1. The number of imidazole rings is 1. The van der Waals surface area contributed by atoms with Crippen molar-refractivity contribution in [3.63, 3.8) is 0 Å². The fourth-order valence-electron chi connectivity index (χ4n) is 3.90. The predicted octanol–water partition coefficient (Wildman–Crippen LogP) is 2.91. The van der Waals surface area contributed by atoms with Crippen LogP contribution in [0.5, 0.6) is 5.88 Å². The van der Waals surface area contributed by atoms with E-state index in [1.807, 2.05) is 18.7 Å². The number of hydrogen-bond donors (Lipinski definition) is 0. The maximum Gasteiger partial charge on any atom is 0.324 e. The molecule has 13 heteroatoms. The molecule has 0 N–H and O–H groups in total. The second-order valence-corrected chi connectivity index (χ2v) is 10.8. The number of anilines is 1. The summed E-state index contributed by atoms with van der Waals surface area (Å²) in [4.78, 5) is 19.2. The van der Waals surface area contributed by atoms with Gasteiger partial charge >= 0.3 is 6.01 Å². The zero-order valence-electron chi connectivity index (χ0n) is 19.4. The van der Waals surface area contributed by atoms with E-state index in [4.69, 9.17) is 9.26 Å². The molecule has 0 atom stereocenters. The molecule has 11 nitrogen and oxygen atoms in total. The number of hydrogen-bond acceptors (Lipinski definition) is 10. The number of fused-ring (bicyclic) bond motifs is 1. The highest BCUT2D eigenvalue weighted by molar-refractivity contribution is 7.90. The lowest BCUT2D eigenvalue weighted by atomic mass is 10.1. The maximum absolute atomic E-state index is 14.8. The van der Waals surface area contributed by atoms with Gasteiger partial charge in [-0.15, -0.1) is 0 Å². The predicted molar refractivity (Wildman–Crippen MR) is 124 cm³/mol. The van der Waals surface area contributed by atoms with E-state index in [9.17, 15) is 12.8 Å². The summed E-state index contributed by atoms with van der Waals surface area (Å²) < 4.78 is 51.2. The van der Waals surface area contributed by atoms with Crippen molar-refractivity contribution >= 4 is 27.0 Å². The fourth-order valence-corrected chi connectivity index (χ4v) is 4.53. The van der Waals surface area contributed by atoms with Crippen LogP contribution in [0.25, 0.3) is 16.9 Å². The second-order valence-electron chi connectivity index (χ2n) is 8.75. The Balaban J connectivity index is 1.33. The van der Waals surface area contributed by atoms with Gasteiger partial charge in [-0.05, 0) is 18.2 Å². The summed E-state index contributed by atoms with van der Waals surface area (Å²) in [6.45, 7) is 5.39. The molecule has 3 aromatic heterocycles. The third-order valence-electron chi connectivity index (χ3n) is 5.84. The third-order valence-corrected chi connectivity index (χ3v) is 6.96. The molecule has 0 saturated carbocycles. The molecule has 0 spiro atoms. The molecule has 0 aliphatic carbocycles. The number of ether oxygens (including phenoxy) is 1. The zero-order valence-corrected chi connectivity index (χ0v) is 20.2. The van der Waals surface area contributed by atoms with Gasteiger partial charge in [0.2, 0.25) is 5.88 Å². The molecule has 0 unspecified atom stereocenters.